The fourth-order valence-corrected chi connectivity index (χ4v) is 2.45. The van der Waals surface area contributed by atoms with E-state index in [1.807, 2.05) is 0 Å². The molecule has 0 spiro atoms. The summed E-state index contributed by atoms with van der Waals surface area (Å²) in [5.74, 6) is -1.98. The molecule has 2 fully saturated rings. The standard InChI is InChI=1S/C10H12O5/c1-10(9(13)14-2)6-4-15-8(12)5(6)3-7(10)11/h5-6H,3-4H2,1-2H3/t5-,6-,10-/m1/s1. The van der Waals surface area contributed by atoms with Crippen LogP contribution in [-0.4, -0.2) is 31.4 Å². The monoisotopic (exact) mass is 212 g/mol. The summed E-state index contributed by atoms with van der Waals surface area (Å²) in [6.45, 7) is 1.68. The molecular formula is C10H12O5. The number of fused-ring (bicyclic) bond motifs is 1. The molecule has 82 valence electrons. The Labute approximate surface area is 86.7 Å². The van der Waals surface area contributed by atoms with Crippen molar-refractivity contribution in [2.45, 2.75) is 13.3 Å². The van der Waals surface area contributed by atoms with Crippen LogP contribution in [0.5, 0.6) is 0 Å². The zero-order chi connectivity index (χ0) is 11.2. The number of hydrogen-bond donors (Lipinski definition) is 0. The van der Waals surface area contributed by atoms with Gasteiger partial charge in [0.1, 0.15) is 5.41 Å². The minimum atomic E-state index is -1.20. The van der Waals surface area contributed by atoms with E-state index in [1.165, 1.54) is 14.0 Å². The van der Waals surface area contributed by atoms with Crippen molar-refractivity contribution >= 4 is 17.7 Å². The van der Waals surface area contributed by atoms with E-state index >= 15 is 0 Å². The highest BCUT2D eigenvalue weighted by atomic mass is 16.5. The Morgan fingerprint density at radius 2 is 2.20 bits per heavy atom. The van der Waals surface area contributed by atoms with Crippen LogP contribution >= 0.6 is 0 Å². The molecule has 1 saturated heterocycles. The summed E-state index contributed by atoms with van der Waals surface area (Å²) in [7, 11) is 1.24. The van der Waals surface area contributed by atoms with E-state index in [4.69, 9.17) is 4.74 Å². The quantitative estimate of drug-likeness (QED) is 0.449. The first-order valence-corrected chi connectivity index (χ1v) is 4.80. The van der Waals surface area contributed by atoms with Crippen LogP contribution in [0.1, 0.15) is 13.3 Å². The molecule has 0 N–H and O–H groups in total. The lowest BCUT2D eigenvalue weighted by molar-refractivity contribution is -0.158. The van der Waals surface area contributed by atoms with Crippen molar-refractivity contribution in [3.05, 3.63) is 0 Å². The van der Waals surface area contributed by atoms with Crippen LogP contribution in [0, 0.1) is 17.3 Å². The molecule has 0 aromatic carbocycles. The first kappa shape index (κ1) is 10.1. The summed E-state index contributed by atoms with van der Waals surface area (Å²) in [5, 5.41) is 0. The Kier molecular flexibility index (Phi) is 2.06. The number of ketones is 1. The minimum absolute atomic E-state index is 0.0924. The second-order valence-electron chi connectivity index (χ2n) is 4.16. The molecule has 0 amide bonds. The SMILES string of the molecule is COC(=O)[C@@]1(C)C(=O)C[C@H]2C(=O)OC[C@H]21. The van der Waals surface area contributed by atoms with E-state index in [2.05, 4.69) is 4.74 Å². The lowest BCUT2D eigenvalue weighted by atomic mass is 9.78. The molecule has 3 atom stereocenters. The molecule has 0 aromatic rings. The van der Waals surface area contributed by atoms with Crippen LogP contribution in [-0.2, 0) is 23.9 Å². The third kappa shape index (κ3) is 1.12. The second-order valence-corrected chi connectivity index (χ2v) is 4.16. The van der Waals surface area contributed by atoms with Gasteiger partial charge in [-0.15, -0.1) is 0 Å². The Bertz CT molecular complexity index is 348. The predicted octanol–water partition coefficient (Wildman–Crippen LogP) is -0.0723. The summed E-state index contributed by atoms with van der Waals surface area (Å²) in [6, 6.07) is 0. The number of carbonyl (C=O) groups excluding carboxylic acids is 3. The third-order valence-electron chi connectivity index (χ3n) is 3.53. The minimum Gasteiger partial charge on any atom is -0.468 e. The van der Waals surface area contributed by atoms with Gasteiger partial charge in [0, 0.05) is 12.3 Å². The Morgan fingerprint density at radius 1 is 1.53 bits per heavy atom. The number of hydrogen-bond acceptors (Lipinski definition) is 5. The summed E-state index contributed by atoms with van der Waals surface area (Å²) in [5.41, 5.74) is -1.20. The van der Waals surface area contributed by atoms with Gasteiger partial charge in [-0.2, -0.15) is 0 Å². The highest BCUT2D eigenvalue weighted by Crippen LogP contribution is 2.48. The van der Waals surface area contributed by atoms with Crippen LogP contribution in [0.4, 0.5) is 0 Å². The van der Waals surface area contributed by atoms with Gasteiger partial charge in [-0.1, -0.05) is 0 Å². The molecule has 0 unspecified atom stereocenters. The van der Waals surface area contributed by atoms with Crippen molar-refractivity contribution in [1.29, 1.82) is 0 Å². The maximum atomic E-state index is 11.7. The fourth-order valence-electron chi connectivity index (χ4n) is 2.45. The van der Waals surface area contributed by atoms with E-state index < -0.39 is 17.3 Å². The molecule has 1 aliphatic heterocycles. The number of cyclic esters (lactones) is 1. The largest absolute Gasteiger partial charge is 0.468 e. The van der Waals surface area contributed by atoms with Crippen molar-refractivity contribution in [1.82, 2.24) is 0 Å². The molecule has 5 heteroatoms. The third-order valence-corrected chi connectivity index (χ3v) is 3.53. The molecule has 1 heterocycles. The van der Waals surface area contributed by atoms with Gasteiger partial charge < -0.3 is 9.47 Å². The molecule has 0 aromatic heterocycles. The Hall–Kier alpha value is -1.39. The maximum absolute atomic E-state index is 11.7. The number of esters is 2. The molecule has 2 rings (SSSR count). The van der Waals surface area contributed by atoms with Gasteiger partial charge in [-0.25, -0.2) is 0 Å². The average Bonchev–Trinajstić information content (AvgIpc) is 2.69. The van der Waals surface area contributed by atoms with Crippen molar-refractivity contribution in [3.8, 4) is 0 Å². The number of Topliss-reactive ketones (excluding diaryl/α,β-unsaturated/α-hetero) is 1. The summed E-state index contributed by atoms with van der Waals surface area (Å²) in [4.78, 5) is 34.6. The van der Waals surface area contributed by atoms with Gasteiger partial charge in [0.25, 0.3) is 0 Å². The fraction of sp³-hybridized carbons (Fsp3) is 0.700. The van der Waals surface area contributed by atoms with Gasteiger partial charge in [-0.3, -0.25) is 14.4 Å². The average molecular weight is 212 g/mol. The zero-order valence-corrected chi connectivity index (χ0v) is 8.61. The first-order valence-electron chi connectivity index (χ1n) is 4.80. The topological polar surface area (TPSA) is 69.7 Å². The summed E-state index contributed by atoms with van der Waals surface area (Å²) >= 11 is 0. The molecule has 0 bridgehead atoms. The molecule has 5 nitrogen and oxygen atoms in total. The highest BCUT2D eigenvalue weighted by molar-refractivity contribution is 6.08. The van der Waals surface area contributed by atoms with E-state index in [-0.39, 0.29) is 30.7 Å². The van der Waals surface area contributed by atoms with Crippen LogP contribution in [0.3, 0.4) is 0 Å². The van der Waals surface area contributed by atoms with Crippen molar-refractivity contribution < 1.29 is 23.9 Å². The molecule has 2 aliphatic rings. The van der Waals surface area contributed by atoms with Gasteiger partial charge in [0.2, 0.25) is 0 Å². The normalized spacial score (nSPS) is 38.8. The van der Waals surface area contributed by atoms with Crippen LogP contribution in [0.15, 0.2) is 0 Å². The van der Waals surface area contributed by atoms with E-state index in [9.17, 15) is 14.4 Å². The number of ether oxygens (including phenoxy) is 2. The lowest BCUT2D eigenvalue weighted by Crippen LogP contribution is -2.40. The van der Waals surface area contributed by atoms with E-state index in [0.717, 1.165) is 0 Å². The smallest absolute Gasteiger partial charge is 0.319 e. The van der Waals surface area contributed by atoms with Gasteiger partial charge in [0.05, 0.1) is 19.6 Å². The summed E-state index contributed by atoms with van der Waals surface area (Å²) in [6.07, 6.45) is 0.0924. The molecule has 15 heavy (non-hydrogen) atoms. The highest BCUT2D eigenvalue weighted by Gasteiger charge is 2.62. The second kappa shape index (κ2) is 3.05. The Balaban J connectivity index is 2.37. The lowest BCUT2D eigenvalue weighted by Gasteiger charge is -2.24. The zero-order valence-electron chi connectivity index (χ0n) is 8.61. The van der Waals surface area contributed by atoms with Crippen LogP contribution in [0.2, 0.25) is 0 Å². The van der Waals surface area contributed by atoms with E-state index in [0.29, 0.717) is 0 Å². The molecular weight excluding hydrogens is 200 g/mol. The number of methoxy groups -OCH3 is 1. The van der Waals surface area contributed by atoms with Gasteiger partial charge in [-0.05, 0) is 6.92 Å². The van der Waals surface area contributed by atoms with Gasteiger partial charge >= 0.3 is 11.9 Å². The first-order chi connectivity index (χ1) is 7.01. The van der Waals surface area contributed by atoms with Crippen LogP contribution < -0.4 is 0 Å². The molecule has 1 saturated carbocycles. The van der Waals surface area contributed by atoms with E-state index in [1.54, 1.807) is 0 Å². The molecule has 0 radical (unpaired) electrons. The molecule has 1 aliphatic carbocycles. The number of carbonyl (C=O) groups is 3. The Morgan fingerprint density at radius 3 is 2.80 bits per heavy atom. The van der Waals surface area contributed by atoms with Crippen LogP contribution in [0.25, 0.3) is 0 Å². The van der Waals surface area contributed by atoms with Crippen molar-refractivity contribution in [2.24, 2.45) is 17.3 Å². The van der Waals surface area contributed by atoms with Crippen molar-refractivity contribution in [3.63, 3.8) is 0 Å². The number of rotatable bonds is 1. The predicted molar refractivity (Wildman–Crippen MR) is 47.7 cm³/mol. The summed E-state index contributed by atoms with van der Waals surface area (Å²) < 4.78 is 9.48. The van der Waals surface area contributed by atoms with Crippen molar-refractivity contribution in [2.75, 3.05) is 13.7 Å². The van der Waals surface area contributed by atoms with Gasteiger partial charge in [0.15, 0.2) is 5.78 Å². The maximum Gasteiger partial charge on any atom is 0.319 e.